The fraction of sp³-hybridized carbons (Fsp3) is 0.650. The van der Waals surface area contributed by atoms with E-state index in [-0.39, 0.29) is 17.6 Å². The zero-order valence-electron chi connectivity index (χ0n) is 16.2. The molecule has 2 atom stereocenters. The Bertz CT molecular complexity index is 558. The Kier molecular flexibility index (Phi) is 6.33. The second-order valence-corrected chi connectivity index (χ2v) is 8.08. The molecule has 1 heterocycles. The van der Waals surface area contributed by atoms with Gasteiger partial charge in [0.2, 0.25) is 5.91 Å². The minimum absolute atomic E-state index is 0.0211. The lowest BCUT2D eigenvalue weighted by Crippen LogP contribution is -2.41. The molecular weight excluding hydrogens is 313 g/mol. The van der Waals surface area contributed by atoms with Crippen molar-refractivity contribution in [1.82, 2.24) is 0 Å². The van der Waals surface area contributed by atoms with E-state index in [0.717, 1.165) is 19.3 Å². The van der Waals surface area contributed by atoms with Crippen molar-refractivity contribution in [1.29, 1.82) is 0 Å². The summed E-state index contributed by atoms with van der Waals surface area (Å²) in [5, 5.41) is 0. The molecule has 1 aliphatic heterocycles. The number of carbonyl (C=O) groups excluding carboxylic acids is 1. The Balaban J connectivity index is 2.10. The SMILES string of the molecule is CCC(C(N)=O)[C@@H](CCCc1ccccc1)B1OC(C)(C)C(C)(C)O1. The Morgan fingerprint density at radius 1 is 1.12 bits per heavy atom. The summed E-state index contributed by atoms with van der Waals surface area (Å²) in [6.07, 6.45) is 3.51. The van der Waals surface area contributed by atoms with Gasteiger partial charge in [0.05, 0.1) is 11.2 Å². The van der Waals surface area contributed by atoms with Gasteiger partial charge in [-0.1, -0.05) is 43.7 Å². The molecule has 25 heavy (non-hydrogen) atoms. The first kappa shape index (κ1) is 20.0. The van der Waals surface area contributed by atoms with Gasteiger partial charge in [-0.3, -0.25) is 4.79 Å². The molecule has 1 unspecified atom stereocenters. The van der Waals surface area contributed by atoms with E-state index in [1.54, 1.807) is 0 Å². The summed E-state index contributed by atoms with van der Waals surface area (Å²) < 4.78 is 12.5. The van der Waals surface area contributed by atoms with Gasteiger partial charge >= 0.3 is 7.12 Å². The van der Waals surface area contributed by atoms with Crippen LogP contribution in [0.2, 0.25) is 5.82 Å². The van der Waals surface area contributed by atoms with Crippen LogP contribution in [0.15, 0.2) is 30.3 Å². The smallest absolute Gasteiger partial charge is 0.403 e. The van der Waals surface area contributed by atoms with Crippen molar-refractivity contribution in [2.75, 3.05) is 0 Å². The summed E-state index contributed by atoms with van der Waals surface area (Å²) >= 11 is 0. The van der Waals surface area contributed by atoms with Gasteiger partial charge in [0.15, 0.2) is 0 Å². The third kappa shape index (κ3) is 4.65. The van der Waals surface area contributed by atoms with Crippen molar-refractivity contribution in [2.24, 2.45) is 11.7 Å². The Morgan fingerprint density at radius 3 is 2.16 bits per heavy atom. The maximum atomic E-state index is 12.0. The van der Waals surface area contributed by atoms with E-state index in [1.807, 2.05) is 40.7 Å². The molecular formula is C20H32BNO3. The quantitative estimate of drug-likeness (QED) is 0.725. The number of hydrogen-bond acceptors (Lipinski definition) is 3. The third-order valence-corrected chi connectivity index (χ3v) is 5.79. The molecule has 0 bridgehead atoms. The lowest BCUT2D eigenvalue weighted by Gasteiger charge is -2.32. The van der Waals surface area contributed by atoms with Crippen molar-refractivity contribution in [3.63, 3.8) is 0 Å². The van der Waals surface area contributed by atoms with Gasteiger partial charge in [0.25, 0.3) is 0 Å². The second-order valence-electron chi connectivity index (χ2n) is 8.08. The van der Waals surface area contributed by atoms with E-state index in [9.17, 15) is 4.79 Å². The van der Waals surface area contributed by atoms with Crippen LogP contribution >= 0.6 is 0 Å². The molecule has 0 saturated carbocycles. The van der Waals surface area contributed by atoms with Gasteiger partial charge in [-0.25, -0.2) is 0 Å². The normalized spacial score (nSPS) is 21.1. The first-order valence-corrected chi connectivity index (χ1v) is 9.37. The first-order valence-electron chi connectivity index (χ1n) is 9.37. The molecule has 0 aromatic heterocycles. The fourth-order valence-electron chi connectivity index (χ4n) is 3.49. The van der Waals surface area contributed by atoms with E-state index >= 15 is 0 Å². The van der Waals surface area contributed by atoms with Crippen LogP contribution in [-0.4, -0.2) is 24.2 Å². The number of nitrogens with two attached hydrogens (primary N) is 1. The van der Waals surface area contributed by atoms with E-state index in [1.165, 1.54) is 5.56 Å². The second kappa shape index (κ2) is 7.92. The molecule has 1 aromatic rings. The summed E-state index contributed by atoms with van der Waals surface area (Å²) in [5.41, 5.74) is 6.20. The summed E-state index contributed by atoms with van der Waals surface area (Å²) in [7, 11) is -0.391. The van der Waals surface area contributed by atoms with Crippen molar-refractivity contribution >= 4 is 13.0 Å². The average molecular weight is 345 g/mol. The summed E-state index contributed by atoms with van der Waals surface area (Å²) in [4.78, 5) is 12.0. The Hall–Kier alpha value is -1.33. The van der Waals surface area contributed by atoms with Crippen molar-refractivity contribution in [2.45, 2.75) is 77.3 Å². The molecule has 1 amide bonds. The number of carbonyl (C=O) groups is 1. The summed E-state index contributed by atoms with van der Waals surface area (Å²) in [6.45, 7) is 10.2. The lowest BCUT2D eigenvalue weighted by molar-refractivity contribution is -0.122. The number of benzene rings is 1. The molecule has 2 rings (SSSR count). The monoisotopic (exact) mass is 345 g/mol. The minimum Gasteiger partial charge on any atom is -0.403 e. The van der Waals surface area contributed by atoms with Crippen molar-refractivity contribution < 1.29 is 14.1 Å². The van der Waals surface area contributed by atoms with Gasteiger partial charge in [-0.15, -0.1) is 0 Å². The van der Waals surface area contributed by atoms with E-state index in [4.69, 9.17) is 15.0 Å². The number of aryl methyl sites for hydroxylation is 1. The van der Waals surface area contributed by atoms with E-state index in [2.05, 4.69) is 24.3 Å². The molecule has 4 nitrogen and oxygen atoms in total. The van der Waals surface area contributed by atoms with Gasteiger partial charge < -0.3 is 15.0 Å². The number of hydrogen-bond donors (Lipinski definition) is 1. The van der Waals surface area contributed by atoms with E-state index in [0.29, 0.717) is 6.42 Å². The third-order valence-electron chi connectivity index (χ3n) is 5.79. The highest BCUT2D eigenvalue weighted by Crippen LogP contribution is 2.44. The topological polar surface area (TPSA) is 61.6 Å². The molecule has 1 saturated heterocycles. The fourth-order valence-corrected chi connectivity index (χ4v) is 3.49. The highest BCUT2D eigenvalue weighted by molar-refractivity contribution is 6.48. The van der Waals surface area contributed by atoms with E-state index < -0.39 is 18.3 Å². The largest absolute Gasteiger partial charge is 0.461 e. The zero-order valence-corrected chi connectivity index (χ0v) is 16.2. The predicted octanol–water partition coefficient (Wildman–Crippen LogP) is 3.98. The van der Waals surface area contributed by atoms with Crippen LogP contribution in [-0.2, 0) is 20.5 Å². The molecule has 0 radical (unpaired) electrons. The predicted molar refractivity (Wildman–Crippen MR) is 102 cm³/mol. The molecule has 5 heteroatoms. The molecule has 0 spiro atoms. The first-order chi connectivity index (χ1) is 11.7. The zero-order chi connectivity index (χ0) is 18.7. The molecule has 1 aliphatic rings. The Morgan fingerprint density at radius 2 is 1.68 bits per heavy atom. The van der Waals surface area contributed by atoms with Crippen LogP contribution in [0.3, 0.4) is 0 Å². The van der Waals surface area contributed by atoms with Crippen LogP contribution in [0, 0.1) is 5.92 Å². The summed E-state index contributed by atoms with van der Waals surface area (Å²) in [5.74, 6) is -0.514. The maximum absolute atomic E-state index is 12.0. The van der Waals surface area contributed by atoms with Crippen LogP contribution in [0.25, 0.3) is 0 Å². The minimum atomic E-state index is -0.398. The van der Waals surface area contributed by atoms with Crippen LogP contribution < -0.4 is 5.73 Å². The molecule has 0 aliphatic carbocycles. The molecule has 1 aromatic carbocycles. The van der Waals surface area contributed by atoms with Gasteiger partial charge in [0.1, 0.15) is 0 Å². The number of rotatable bonds is 8. The molecule has 2 N–H and O–H groups in total. The van der Waals surface area contributed by atoms with Crippen molar-refractivity contribution in [3.8, 4) is 0 Å². The van der Waals surface area contributed by atoms with Gasteiger partial charge in [-0.05, 0) is 52.5 Å². The molecule has 1 fully saturated rings. The highest BCUT2D eigenvalue weighted by atomic mass is 16.7. The van der Waals surface area contributed by atoms with Crippen LogP contribution in [0.5, 0.6) is 0 Å². The average Bonchev–Trinajstić information content (AvgIpc) is 2.75. The lowest BCUT2D eigenvalue weighted by atomic mass is 9.61. The summed E-state index contributed by atoms with van der Waals surface area (Å²) in [6, 6.07) is 10.4. The number of amides is 1. The van der Waals surface area contributed by atoms with Crippen LogP contribution in [0.1, 0.15) is 59.4 Å². The standard InChI is InChI=1S/C20H32BNO3/c1-6-16(18(22)23)17(14-10-13-15-11-8-7-9-12-15)21-24-19(2,3)20(4,5)25-21/h7-9,11-12,16-17H,6,10,13-14H2,1-5H3,(H2,22,23)/t16?,17-/m1/s1. The van der Waals surface area contributed by atoms with Crippen LogP contribution in [0.4, 0.5) is 0 Å². The van der Waals surface area contributed by atoms with Gasteiger partial charge in [-0.2, -0.15) is 0 Å². The Labute approximate surface area is 152 Å². The van der Waals surface area contributed by atoms with Gasteiger partial charge in [0, 0.05) is 11.7 Å². The maximum Gasteiger partial charge on any atom is 0.461 e. The number of primary amides is 1. The molecule has 138 valence electrons. The van der Waals surface area contributed by atoms with Crippen molar-refractivity contribution in [3.05, 3.63) is 35.9 Å². The highest BCUT2D eigenvalue weighted by Gasteiger charge is 2.55.